The molecule has 0 aliphatic carbocycles. The molecule has 0 bridgehead atoms. The zero-order valence-corrected chi connectivity index (χ0v) is 12.5. The van der Waals surface area contributed by atoms with Gasteiger partial charge in [0.1, 0.15) is 12.3 Å². The molecular weight excluding hydrogens is 304 g/mol. The molecule has 7 heteroatoms. The second-order valence-electron chi connectivity index (χ2n) is 4.33. The fourth-order valence-electron chi connectivity index (χ4n) is 1.76. The highest BCUT2D eigenvalue weighted by atomic mass is 32.1. The third-order valence-corrected chi connectivity index (χ3v) is 3.74. The van der Waals surface area contributed by atoms with Crippen molar-refractivity contribution in [2.24, 2.45) is 0 Å². The summed E-state index contributed by atoms with van der Waals surface area (Å²) in [5, 5.41) is 5.84. The number of pyridine rings is 1. The van der Waals surface area contributed by atoms with Crippen LogP contribution in [0.3, 0.4) is 0 Å². The normalized spacial score (nSPS) is 10.4. The van der Waals surface area contributed by atoms with Crippen molar-refractivity contribution in [1.82, 2.24) is 10.1 Å². The molecule has 112 valence electrons. The van der Waals surface area contributed by atoms with E-state index in [0.717, 1.165) is 4.88 Å². The number of ether oxygens (including phenoxy) is 2. The predicted octanol–water partition coefficient (Wildman–Crippen LogP) is 3.16. The molecule has 0 saturated carbocycles. The Morgan fingerprint density at radius 3 is 2.95 bits per heavy atom. The van der Waals surface area contributed by atoms with Crippen molar-refractivity contribution in [3.8, 4) is 16.5 Å². The maximum absolute atomic E-state index is 11.9. The minimum Gasteiger partial charge on any atom is -0.481 e. The Kier molecular flexibility index (Phi) is 4.15. The zero-order valence-electron chi connectivity index (χ0n) is 11.7. The zero-order chi connectivity index (χ0) is 15.4. The van der Waals surface area contributed by atoms with Gasteiger partial charge in [0.15, 0.2) is 5.76 Å². The summed E-state index contributed by atoms with van der Waals surface area (Å²) in [6.07, 6.45) is 1.40. The molecule has 0 fully saturated rings. The van der Waals surface area contributed by atoms with Gasteiger partial charge in [-0.25, -0.2) is 9.78 Å². The maximum Gasteiger partial charge on any atom is 0.340 e. The molecule has 3 rings (SSSR count). The van der Waals surface area contributed by atoms with Gasteiger partial charge in [0.25, 0.3) is 0 Å². The van der Waals surface area contributed by atoms with E-state index in [4.69, 9.17) is 14.0 Å². The first-order valence-corrected chi connectivity index (χ1v) is 7.31. The van der Waals surface area contributed by atoms with Crippen molar-refractivity contribution in [2.75, 3.05) is 7.11 Å². The monoisotopic (exact) mass is 316 g/mol. The lowest BCUT2D eigenvalue weighted by Crippen LogP contribution is -2.06. The molecule has 6 nitrogen and oxygen atoms in total. The van der Waals surface area contributed by atoms with Gasteiger partial charge in [-0.3, -0.25) is 0 Å². The summed E-state index contributed by atoms with van der Waals surface area (Å²) in [6, 6.07) is 8.81. The summed E-state index contributed by atoms with van der Waals surface area (Å²) >= 11 is 1.55. The van der Waals surface area contributed by atoms with E-state index in [1.54, 1.807) is 29.5 Å². The molecule has 3 aromatic heterocycles. The summed E-state index contributed by atoms with van der Waals surface area (Å²) in [5.74, 6) is 0.622. The first-order chi connectivity index (χ1) is 10.8. The molecule has 22 heavy (non-hydrogen) atoms. The van der Waals surface area contributed by atoms with Gasteiger partial charge in [-0.05, 0) is 17.5 Å². The molecule has 0 amide bonds. The highest BCUT2D eigenvalue weighted by Gasteiger charge is 2.12. The van der Waals surface area contributed by atoms with Gasteiger partial charge >= 0.3 is 5.97 Å². The van der Waals surface area contributed by atoms with E-state index < -0.39 is 5.97 Å². The van der Waals surface area contributed by atoms with E-state index in [-0.39, 0.29) is 6.61 Å². The number of esters is 1. The van der Waals surface area contributed by atoms with Crippen molar-refractivity contribution in [3.63, 3.8) is 0 Å². The Morgan fingerprint density at radius 1 is 1.36 bits per heavy atom. The molecular formula is C15H12N2O4S. The van der Waals surface area contributed by atoms with Crippen molar-refractivity contribution >= 4 is 17.3 Å². The quantitative estimate of drug-likeness (QED) is 0.673. The van der Waals surface area contributed by atoms with E-state index in [0.29, 0.717) is 22.9 Å². The number of hydrogen-bond acceptors (Lipinski definition) is 7. The molecule has 0 aliphatic heterocycles. The summed E-state index contributed by atoms with van der Waals surface area (Å²) in [6.45, 7) is 0.0414. The van der Waals surface area contributed by atoms with Gasteiger partial charge in [0.05, 0.1) is 17.6 Å². The number of nitrogens with zero attached hydrogens (tertiary/aromatic N) is 2. The van der Waals surface area contributed by atoms with Crippen LogP contribution in [0.15, 0.2) is 46.4 Å². The van der Waals surface area contributed by atoms with E-state index in [1.165, 1.54) is 13.3 Å². The molecule has 0 spiro atoms. The molecule has 0 aliphatic rings. The molecule has 3 heterocycles. The first kappa shape index (κ1) is 14.3. The molecule has 0 unspecified atom stereocenters. The Hall–Kier alpha value is -2.67. The van der Waals surface area contributed by atoms with Crippen LogP contribution in [0.1, 0.15) is 16.1 Å². The second kappa shape index (κ2) is 6.40. The summed E-state index contributed by atoms with van der Waals surface area (Å²) in [5.41, 5.74) is 0.904. The minimum absolute atomic E-state index is 0.0414. The van der Waals surface area contributed by atoms with Crippen molar-refractivity contribution in [2.45, 2.75) is 6.61 Å². The van der Waals surface area contributed by atoms with E-state index in [1.807, 2.05) is 17.5 Å². The maximum atomic E-state index is 11.9. The lowest BCUT2D eigenvalue weighted by molar-refractivity contribution is 0.0463. The SMILES string of the molecule is COc1ccc(C(=O)OCc2cc(-c3cccs3)on2)cn1. The fourth-order valence-corrected chi connectivity index (χ4v) is 2.43. The molecule has 0 aromatic carbocycles. The van der Waals surface area contributed by atoms with Crippen LogP contribution < -0.4 is 4.74 Å². The van der Waals surface area contributed by atoms with Gasteiger partial charge < -0.3 is 14.0 Å². The number of aromatic nitrogens is 2. The molecule has 0 radical (unpaired) electrons. The van der Waals surface area contributed by atoms with Crippen LogP contribution in [-0.4, -0.2) is 23.2 Å². The van der Waals surface area contributed by atoms with Gasteiger partial charge in [-0.2, -0.15) is 0 Å². The fraction of sp³-hybridized carbons (Fsp3) is 0.133. The predicted molar refractivity (Wildman–Crippen MR) is 79.7 cm³/mol. The Morgan fingerprint density at radius 2 is 2.27 bits per heavy atom. The highest BCUT2D eigenvalue weighted by Crippen LogP contribution is 2.25. The summed E-state index contributed by atoms with van der Waals surface area (Å²) in [7, 11) is 1.51. The summed E-state index contributed by atoms with van der Waals surface area (Å²) in [4.78, 5) is 16.8. The molecule has 3 aromatic rings. The van der Waals surface area contributed by atoms with Crippen LogP contribution in [-0.2, 0) is 11.3 Å². The Bertz CT molecular complexity index is 750. The topological polar surface area (TPSA) is 74.5 Å². The van der Waals surface area contributed by atoms with Crippen LogP contribution >= 0.6 is 11.3 Å². The largest absolute Gasteiger partial charge is 0.481 e. The van der Waals surface area contributed by atoms with Crippen molar-refractivity contribution in [1.29, 1.82) is 0 Å². The number of carbonyl (C=O) groups excluding carboxylic acids is 1. The summed E-state index contributed by atoms with van der Waals surface area (Å²) < 4.78 is 15.3. The van der Waals surface area contributed by atoms with Crippen LogP contribution in [0.5, 0.6) is 5.88 Å². The minimum atomic E-state index is -0.476. The van der Waals surface area contributed by atoms with E-state index >= 15 is 0 Å². The standard InChI is InChI=1S/C15H12N2O4S/c1-19-14-5-4-10(8-16-14)15(18)20-9-11-7-12(21-17-11)13-3-2-6-22-13/h2-8H,9H2,1H3. The highest BCUT2D eigenvalue weighted by molar-refractivity contribution is 7.13. The van der Waals surface area contributed by atoms with Gasteiger partial charge in [0.2, 0.25) is 5.88 Å². The third-order valence-electron chi connectivity index (χ3n) is 2.86. The first-order valence-electron chi connectivity index (χ1n) is 6.43. The molecule has 0 atom stereocenters. The lowest BCUT2D eigenvalue weighted by Gasteiger charge is -2.03. The smallest absolute Gasteiger partial charge is 0.340 e. The molecule has 0 saturated heterocycles. The Labute approximate surface area is 130 Å². The van der Waals surface area contributed by atoms with Gasteiger partial charge in [-0.15, -0.1) is 11.3 Å². The number of hydrogen-bond donors (Lipinski definition) is 0. The number of thiophene rings is 1. The Balaban J connectivity index is 1.61. The number of methoxy groups -OCH3 is 1. The number of rotatable bonds is 5. The van der Waals surface area contributed by atoms with Crippen molar-refractivity contribution < 1.29 is 18.8 Å². The van der Waals surface area contributed by atoms with E-state index in [9.17, 15) is 4.79 Å². The van der Waals surface area contributed by atoms with Gasteiger partial charge in [-0.1, -0.05) is 11.2 Å². The average Bonchev–Trinajstić information content (AvgIpc) is 3.23. The van der Waals surface area contributed by atoms with Crippen LogP contribution in [0.25, 0.3) is 10.6 Å². The van der Waals surface area contributed by atoms with Crippen molar-refractivity contribution in [3.05, 3.63) is 53.2 Å². The van der Waals surface area contributed by atoms with Gasteiger partial charge in [0, 0.05) is 18.3 Å². The third kappa shape index (κ3) is 3.15. The van der Waals surface area contributed by atoms with Crippen LogP contribution in [0, 0.1) is 0 Å². The van der Waals surface area contributed by atoms with Crippen LogP contribution in [0.4, 0.5) is 0 Å². The van der Waals surface area contributed by atoms with Crippen LogP contribution in [0.2, 0.25) is 0 Å². The molecule has 0 N–H and O–H groups in total. The average molecular weight is 316 g/mol. The van der Waals surface area contributed by atoms with E-state index in [2.05, 4.69) is 10.1 Å². The second-order valence-corrected chi connectivity index (χ2v) is 5.27. The number of carbonyl (C=O) groups is 1. The lowest BCUT2D eigenvalue weighted by atomic mass is 10.3.